The molecule has 0 aromatic heterocycles. The lowest BCUT2D eigenvalue weighted by molar-refractivity contribution is 0.0695. The number of carbonyl (C=O) groups is 1. The number of hydrogen-bond acceptors (Lipinski definition) is 3. The highest BCUT2D eigenvalue weighted by Gasteiger charge is 2.32. The molecule has 0 bridgehead atoms. The van der Waals surface area contributed by atoms with Crippen molar-refractivity contribution in [3.05, 3.63) is 29.3 Å². The number of rotatable bonds is 4. The number of sulfonamides is 1. The van der Waals surface area contributed by atoms with Crippen LogP contribution in [0.15, 0.2) is 23.1 Å². The highest BCUT2D eigenvalue weighted by Crippen LogP contribution is 2.28. The summed E-state index contributed by atoms with van der Waals surface area (Å²) in [6.45, 7) is 4.40. The molecular formula is C21H32N2O3S. The zero-order valence-corrected chi connectivity index (χ0v) is 17.6. The van der Waals surface area contributed by atoms with Crippen molar-refractivity contribution in [1.29, 1.82) is 0 Å². The number of carbonyl (C=O) groups excluding carboxylic acids is 1. The van der Waals surface area contributed by atoms with Crippen molar-refractivity contribution in [3.63, 3.8) is 0 Å². The van der Waals surface area contributed by atoms with Crippen molar-refractivity contribution in [3.8, 4) is 0 Å². The summed E-state index contributed by atoms with van der Waals surface area (Å²) in [5.74, 6) is -0.0665. The summed E-state index contributed by atoms with van der Waals surface area (Å²) < 4.78 is 27.9. The van der Waals surface area contributed by atoms with Crippen LogP contribution in [0.5, 0.6) is 0 Å². The van der Waals surface area contributed by atoms with Gasteiger partial charge in [-0.05, 0) is 57.2 Å². The van der Waals surface area contributed by atoms with Gasteiger partial charge in [-0.2, -0.15) is 4.31 Å². The van der Waals surface area contributed by atoms with Crippen molar-refractivity contribution >= 4 is 15.9 Å². The van der Waals surface area contributed by atoms with Crippen LogP contribution in [0.1, 0.15) is 74.2 Å². The second-order valence-electron chi connectivity index (χ2n) is 8.15. The fourth-order valence-corrected chi connectivity index (χ4v) is 6.11. The Labute approximate surface area is 163 Å². The highest BCUT2D eigenvalue weighted by atomic mass is 32.2. The molecule has 0 radical (unpaired) electrons. The molecule has 2 fully saturated rings. The molecule has 1 saturated carbocycles. The van der Waals surface area contributed by atoms with Gasteiger partial charge < -0.3 is 4.90 Å². The first-order valence-corrected chi connectivity index (χ1v) is 11.7. The first kappa shape index (κ1) is 20.3. The minimum atomic E-state index is -3.57. The summed E-state index contributed by atoms with van der Waals surface area (Å²) in [5, 5.41) is 0. The smallest absolute Gasteiger partial charge is 0.254 e. The molecule has 5 nitrogen and oxygen atoms in total. The predicted molar refractivity (Wildman–Crippen MR) is 107 cm³/mol. The SMILES string of the molecule is Cc1ccc(S(=O)(=O)N2CCCCC2C)cc1C(=O)N(C)C1CCCCC1. The predicted octanol–water partition coefficient (Wildman–Crippen LogP) is 3.96. The van der Waals surface area contributed by atoms with Crippen molar-refractivity contribution in [1.82, 2.24) is 9.21 Å². The van der Waals surface area contributed by atoms with Crippen molar-refractivity contribution in [2.45, 2.75) is 82.2 Å². The molecule has 150 valence electrons. The van der Waals surface area contributed by atoms with Crippen LogP contribution in [0.4, 0.5) is 0 Å². The molecule has 1 atom stereocenters. The van der Waals surface area contributed by atoms with E-state index in [0.29, 0.717) is 12.1 Å². The van der Waals surface area contributed by atoms with E-state index in [4.69, 9.17) is 0 Å². The maximum Gasteiger partial charge on any atom is 0.254 e. The Morgan fingerprint density at radius 2 is 1.74 bits per heavy atom. The molecule has 1 aliphatic heterocycles. The molecule has 1 heterocycles. The van der Waals surface area contributed by atoms with Crippen LogP contribution in [-0.4, -0.2) is 49.2 Å². The van der Waals surface area contributed by atoms with Crippen LogP contribution in [0, 0.1) is 6.92 Å². The highest BCUT2D eigenvalue weighted by molar-refractivity contribution is 7.89. The van der Waals surface area contributed by atoms with E-state index >= 15 is 0 Å². The lowest BCUT2D eigenvalue weighted by Crippen LogP contribution is -2.42. The van der Waals surface area contributed by atoms with Gasteiger partial charge in [-0.3, -0.25) is 4.79 Å². The van der Waals surface area contributed by atoms with Crippen LogP contribution in [-0.2, 0) is 10.0 Å². The van der Waals surface area contributed by atoms with Gasteiger partial charge in [0.25, 0.3) is 5.91 Å². The first-order chi connectivity index (χ1) is 12.8. The van der Waals surface area contributed by atoms with Gasteiger partial charge in [0.1, 0.15) is 0 Å². The van der Waals surface area contributed by atoms with Crippen LogP contribution in [0.3, 0.4) is 0 Å². The fourth-order valence-electron chi connectivity index (χ4n) is 4.38. The minimum Gasteiger partial charge on any atom is -0.339 e. The summed E-state index contributed by atoms with van der Waals surface area (Å²) in [7, 11) is -1.72. The number of benzene rings is 1. The second kappa shape index (κ2) is 8.31. The quantitative estimate of drug-likeness (QED) is 0.779. The summed E-state index contributed by atoms with van der Waals surface area (Å²) >= 11 is 0. The number of hydrogen-bond donors (Lipinski definition) is 0. The van der Waals surface area contributed by atoms with E-state index in [2.05, 4.69) is 0 Å². The van der Waals surface area contributed by atoms with Crippen LogP contribution >= 0.6 is 0 Å². The van der Waals surface area contributed by atoms with Crippen LogP contribution in [0.25, 0.3) is 0 Å². The molecule has 1 amide bonds. The van der Waals surface area contributed by atoms with E-state index in [1.165, 1.54) is 6.42 Å². The van der Waals surface area contributed by atoms with E-state index in [1.807, 2.05) is 25.8 Å². The minimum absolute atomic E-state index is 0.00844. The Hall–Kier alpha value is -1.40. The maximum atomic E-state index is 13.2. The Bertz CT molecular complexity index is 785. The normalized spacial score (nSPS) is 22.6. The zero-order chi connectivity index (χ0) is 19.6. The molecular weight excluding hydrogens is 360 g/mol. The Morgan fingerprint density at radius 3 is 2.41 bits per heavy atom. The third-order valence-corrected chi connectivity index (χ3v) is 8.24. The number of amides is 1. The van der Waals surface area contributed by atoms with Gasteiger partial charge in [0.2, 0.25) is 10.0 Å². The number of nitrogens with zero attached hydrogens (tertiary/aromatic N) is 2. The van der Waals surface area contributed by atoms with Crippen molar-refractivity contribution in [2.24, 2.45) is 0 Å². The summed E-state index contributed by atoms with van der Waals surface area (Å²) in [6, 6.07) is 5.27. The van der Waals surface area contributed by atoms with Crippen LogP contribution in [0.2, 0.25) is 0 Å². The molecule has 2 aliphatic rings. The van der Waals surface area contributed by atoms with E-state index < -0.39 is 10.0 Å². The lowest BCUT2D eigenvalue weighted by Gasteiger charge is -2.33. The van der Waals surface area contributed by atoms with Gasteiger partial charge in [0.15, 0.2) is 0 Å². The number of aryl methyl sites for hydroxylation is 1. The van der Waals surface area contributed by atoms with Gasteiger partial charge in [-0.1, -0.05) is 31.7 Å². The van der Waals surface area contributed by atoms with Gasteiger partial charge in [0, 0.05) is 31.2 Å². The van der Waals surface area contributed by atoms with E-state index in [1.54, 1.807) is 22.5 Å². The fraction of sp³-hybridized carbons (Fsp3) is 0.667. The van der Waals surface area contributed by atoms with E-state index in [0.717, 1.165) is 50.5 Å². The summed E-state index contributed by atoms with van der Waals surface area (Å²) in [6.07, 6.45) is 8.46. The topological polar surface area (TPSA) is 57.7 Å². The van der Waals surface area contributed by atoms with Gasteiger partial charge in [-0.15, -0.1) is 0 Å². The average molecular weight is 393 g/mol. The molecule has 1 aromatic rings. The first-order valence-electron chi connectivity index (χ1n) is 10.2. The van der Waals surface area contributed by atoms with Crippen LogP contribution < -0.4 is 0 Å². The third kappa shape index (κ3) is 4.21. The Morgan fingerprint density at radius 1 is 1.07 bits per heavy atom. The zero-order valence-electron chi connectivity index (χ0n) is 16.8. The van der Waals surface area contributed by atoms with E-state index in [-0.39, 0.29) is 22.9 Å². The van der Waals surface area contributed by atoms with Gasteiger partial charge in [0.05, 0.1) is 4.90 Å². The molecule has 27 heavy (non-hydrogen) atoms. The molecule has 0 N–H and O–H groups in total. The molecule has 1 saturated heterocycles. The van der Waals surface area contributed by atoms with E-state index in [9.17, 15) is 13.2 Å². The maximum absolute atomic E-state index is 13.2. The largest absolute Gasteiger partial charge is 0.339 e. The summed E-state index contributed by atoms with van der Waals surface area (Å²) in [4.78, 5) is 15.2. The lowest BCUT2D eigenvalue weighted by atomic mass is 9.94. The monoisotopic (exact) mass is 392 g/mol. The van der Waals surface area contributed by atoms with Gasteiger partial charge in [-0.25, -0.2) is 8.42 Å². The Balaban J connectivity index is 1.88. The molecule has 3 rings (SSSR count). The van der Waals surface area contributed by atoms with Crippen molar-refractivity contribution in [2.75, 3.05) is 13.6 Å². The molecule has 1 unspecified atom stereocenters. The molecule has 6 heteroatoms. The number of piperidine rings is 1. The average Bonchev–Trinajstić information content (AvgIpc) is 2.68. The molecule has 1 aromatic carbocycles. The van der Waals surface area contributed by atoms with Gasteiger partial charge >= 0.3 is 0 Å². The Kier molecular flexibility index (Phi) is 6.26. The second-order valence-corrected chi connectivity index (χ2v) is 10.0. The molecule has 0 spiro atoms. The molecule has 1 aliphatic carbocycles. The van der Waals surface area contributed by atoms with Crippen molar-refractivity contribution < 1.29 is 13.2 Å². The summed E-state index contributed by atoms with van der Waals surface area (Å²) in [5.41, 5.74) is 1.34. The third-order valence-electron chi connectivity index (χ3n) is 6.23. The standard InChI is InChI=1S/C21H32N2O3S/c1-16-12-13-19(27(25,26)23-14-8-7-9-17(23)2)15-20(16)21(24)22(3)18-10-5-4-6-11-18/h12-13,15,17-18H,4-11,14H2,1-3H3.